The summed E-state index contributed by atoms with van der Waals surface area (Å²) in [5.74, 6) is 0.641. The minimum absolute atomic E-state index is 0.153. The molecule has 19 heavy (non-hydrogen) atoms. The number of phenols is 1. The number of anilines is 1. The standard InChI is InChI=1S/C15H19NO2S/c1-4-12-6-8-15(19-12)10(2)16-11-5-7-14(18-3)13(17)9-11/h5-10,16-17H,4H2,1-3H3. The van der Waals surface area contributed by atoms with Gasteiger partial charge in [0.25, 0.3) is 0 Å². The lowest BCUT2D eigenvalue weighted by atomic mass is 10.2. The number of phenolic OH excluding ortho intramolecular Hbond substituents is 1. The van der Waals surface area contributed by atoms with Crippen LogP contribution in [0.1, 0.15) is 29.6 Å². The zero-order valence-corrected chi connectivity index (χ0v) is 12.3. The second-order valence-electron chi connectivity index (χ2n) is 4.41. The van der Waals surface area contributed by atoms with E-state index in [9.17, 15) is 5.11 Å². The molecule has 0 radical (unpaired) electrons. The number of aryl methyl sites for hydroxylation is 1. The van der Waals surface area contributed by atoms with E-state index in [2.05, 4.69) is 31.3 Å². The van der Waals surface area contributed by atoms with E-state index >= 15 is 0 Å². The van der Waals surface area contributed by atoms with Crippen molar-refractivity contribution in [2.75, 3.05) is 12.4 Å². The van der Waals surface area contributed by atoms with E-state index in [1.165, 1.54) is 9.75 Å². The fourth-order valence-corrected chi connectivity index (χ4v) is 2.87. The minimum Gasteiger partial charge on any atom is -0.504 e. The molecule has 0 saturated carbocycles. The second kappa shape index (κ2) is 5.97. The van der Waals surface area contributed by atoms with Gasteiger partial charge in [-0.15, -0.1) is 11.3 Å². The molecular formula is C15H19NO2S. The van der Waals surface area contributed by atoms with Crippen LogP contribution in [0.5, 0.6) is 11.5 Å². The first-order valence-electron chi connectivity index (χ1n) is 6.36. The largest absolute Gasteiger partial charge is 0.504 e. The quantitative estimate of drug-likeness (QED) is 0.860. The first kappa shape index (κ1) is 13.7. The van der Waals surface area contributed by atoms with Crippen LogP contribution in [0.4, 0.5) is 5.69 Å². The average Bonchev–Trinajstić information content (AvgIpc) is 2.88. The van der Waals surface area contributed by atoms with Gasteiger partial charge in [0.15, 0.2) is 11.5 Å². The number of aromatic hydroxyl groups is 1. The van der Waals surface area contributed by atoms with Gasteiger partial charge in [0, 0.05) is 21.5 Å². The number of thiophene rings is 1. The molecular weight excluding hydrogens is 258 g/mol. The molecule has 0 aliphatic carbocycles. The van der Waals surface area contributed by atoms with Crippen molar-refractivity contribution in [3.05, 3.63) is 40.1 Å². The van der Waals surface area contributed by atoms with E-state index in [0.717, 1.165) is 12.1 Å². The highest BCUT2D eigenvalue weighted by Gasteiger charge is 2.09. The molecule has 0 fully saturated rings. The monoisotopic (exact) mass is 277 g/mol. The van der Waals surface area contributed by atoms with Gasteiger partial charge < -0.3 is 15.2 Å². The lowest BCUT2D eigenvalue weighted by molar-refractivity contribution is 0.373. The Morgan fingerprint density at radius 2 is 2.11 bits per heavy atom. The van der Waals surface area contributed by atoms with Gasteiger partial charge in [-0.3, -0.25) is 0 Å². The smallest absolute Gasteiger partial charge is 0.160 e. The summed E-state index contributed by atoms with van der Waals surface area (Å²) in [6.07, 6.45) is 1.07. The summed E-state index contributed by atoms with van der Waals surface area (Å²) < 4.78 is 5.03. The number of rotatable bonds is 5. The number of hydrogen-bond acceptors (Lipinski definition) is 4. The van der Waals surface area contributed by atoms with Gasteiger partial charge in [-0.05, 0) is 37.6 Å². The number of ether oxygens (including phenoxy) is 1. The van der Waals surface area contributed by atoms with E-state index in [4.69, 9.17) is 4.74 Å². The zero-order chi connectivity index (χ0) is 13.8. The Hall–Kier alpha value is -1.68. The molecule has 2 rings (SSSR count). The summed E-state index contributed by atoms with van der Waals surface area (Å²) >= 11 is 1.82. The van der Waals surface area contributed by atoms with Gasteiger partial charge >= 0.3 is 0 Å². The van der Waals surface area contributed by atoms with E-state index in [0.29, 0.717) is 5.75 Å². The molecule has 1 heterocycles. The van der Waals surface area contributed by atoms with Crippen LogP contribution in [0.3, 0.4) is 0 Å². The molecule has 0 aliphatic heterocycles. The maximum absolute atomic E-state index is 9.75. The Bertz CT molecular complexity index is 551. The molecule has 3 nitrogen and oxygen atoms in total. The third-order valence-corrected chi connectivity index (χ3v) is 4.43. The highest BCUT2D eigenvalue weighted by atomic mass is 32.1. The summed E-state index contributed by atoms with van der Waals surface area (Å²) in [6, 6.07) is 9.90. The Kier molecular flexibility index (Phi) is 4.32. The molecule has 4 heteroatoms. The predicted octanol–water partition coefficient (Wildman–Crippen LogP) is 4.20. The van der Waals surface area contributed by atoms with Crippen LogP contribution in [-0.2, 0) is 6.42 Å². The Morgan fingerprint density at radius 1 is 1.32 bits per heavy atom. The molecule has 2 aromatic rings. The summed E-state index contributed by atoms with van der Waals surface area (Å²) in [4.78, 5) is 2.69. The third kappa shape index (κ3) is 3.20. The first-order chi connectivity index (χ1) is 9.13. The van der Waals surface area contributed by atoms with Crippen LogP contribution in [0.15, 0.2) is 30.3 Å². The fourth-order valence-electron chi connectivity index (χ4n) is 1.92. The SMILES string of the molecule is CCc1ccc(C(C)Nc2ccc(OC)c(O)c2)s1. The van der Waals surface area contributed by atoms with Gasteiger partial charge in [0.2, 0.25) is 0 Å². The zero-order valence-electron chi connectivity index (χ0n) is 11.4. The van der Waals surface area contributed by atoms with Crippen molar-refractivity contribution in [2.45, 2.75) is 26.3 Å². The van der Waals surface area contributed by atoms with E-state index in [1.807, 2.05) is 17.4 Å². The molecule has 0 bridgehead atoms. The lowest BCUT2D eigenvalue weighted by Crippen LogP contribution is -2.04. The van der Waals surface area contributed by atoms with Crippen molar-refractivity contribution in [1.82, 2.24) is 0 Å². The van der Waals surface area contributed by atoms with Crippen LogP contribution >= 0.6 is 11.3 Å². The van der Waals surface area contributed by atoms with Crippen LogP contribution in [0, 0.1) is 0 Å². The summed E-state index contributed by atoms with van der Waals surface area (Å²) in [6.45, 7) is 4.28. The van der Waals surface area contributed by atoms with Gasteiger partial charge in [-0.25, -0.2) is 0 Å². The highest BCUT2D eigenvalue weighted by molar-refractivity contribution is 7.12. The Labute approximate surface area is 117 Å². The number of nitrogens with one attached hydrogen (secondary N) is 1. The van der Waals surface area contributed by atoms with E-state index < -0.39 is 0 Å². The second-order valence-corrected chi connectivity index (χ2v) is 5.61. The molecule has 1 aromatic heterocycles. The first-order valence-corrected chi connectivity index (χ1v) is 7.17. The van der Waals surface area contributed by atoms with Crippen molar-refractivity contribution in [3.8, 4) is 11.5 Å². The van der Waals surface area contributed by atoms with Crippen molar-refractivity contribution in [1.29, 1.82) is 0 Å². The summed E-state index contributed by atoms with van der Waals surface area (Å²) in [7, 11) is 1.54. The van der Waals surface area contributed by atoms with Crippen molar-refractivity contribution in [2.24, 2.45) is 0 Å². The highest BCUT2D eigenvalue weighted by Crippen LogP contribution is 2.31. The normalized spacial score (nSPS) is 12.2. The predicted molar refractivity (Wildman–Crippen MR) is 80.4 cm³/mol. The van der Waals surface area contributed by atoms with Crippen molar-refractivity contribution in [3.63, 3.8) is 0 Å². The summed E-state index contributed by atoms with van der Waals surface area (Å²) in [5, 5.41) is 13.1. The number of hydrogen-bond donors (Lipinski definition) is 2. The Balaban J connectivity index is 2.10. The number of methoxy groups -OCH3 is 1. The van der Waals surface area contributed by atoms with Gasteiger partial charge in [0.05, 0.1) is 13.2 Å². The molecule has 1 aromatic carbocycles. The number of benzene rings is 1. The molecule has 2 N–H and O–H groups in total. The lowest BCUT2D eigenvalue weighted by Gasteiger charge is -2.14. The maximum Gasteiger partial charge on any atom is 0.160 e. The van der Waals surface area contributed by atoms with Crippen molar-refractivity contribution < 1.29 is 9.84 Å². The van der Waals surface area contributed by atoms with E-state index in [-0.39, 0.29) is 11.8 Å². The molecule has 1 unspecified atom stereocenters. The molecule has 0 aliphatic rings. The van der Waals surface area contributed by atoms with Crippen LogP contribution in [-0.4, -0.2) is 12.2 Å². The van der Waals surface area contributed by atoms with Gasteiger partial charge in [0.1, 0.15) is 0 Å². The fraction of sp³-hybridized carbons (Fsp3) is 0.333. The van der Waals surface area contributed by atoms with Gasteiger partial charge in [-0.2, -0.15) is 0 Å². The maximum atomic E-state index is 9.75. The topological polar surface area (TPSA) is 41.5 Å². The third-order valence-electron chi connectivity index (χ3n) is 3.02. The molecule has 0 amide bonds. The van der Waals surface area contributed by atoms with E-state index in [1.54, 1.807) is 19.2 Å². The molecule has 0 spiro atoms. The minimum atomic E-state index is 0.153. The molecule has 1 atom stereocenters. The Morgan fingerprint density at radius 3 is 2.68 bits per heavy atom. The van der Waals surface area contributed by atoms with Crippen LogP contribution < -0.4 is 10.1 Å². The average molecular weight is 277 g/mol. The molecule has 0 saturated heterocycles. The van der Waals surface area contributed by atoms with Crippen LogP contribution in [0.2, 0.25) is 0 Å². The molecule has 102 valence electrons. The van der Waals surface area contributed by atoms with Gasteiger partial charge in [-0.1, -0.05) is 6.92 Å². The van der Waals surface area contributed by atoms with Crippen molar-refractivity contribution >= 4 is 17.0 Å². The summed E-state index contributed by atoms with van der Waals surface area (Å²) in [5.41, 5.74) is 0.886. The van der Waals surface area contributed by atoms with Crippen LogP contribution in [0.25, 0.3) is 0 Å².